The summed E-state index contributed by atoms with van der Waals surface area (Å²) in [6, 6.07) is 4.58. The lowest BCUT2D eigenvalue weighted by Gasteiger charge is -2.18. The zero-order chi connectivity index (χ0) is 15.7. The number of benzene rings is 2. The Morgan fingerprint density at radius 3 is 2.43 bits per heavy atom. The van der Waals surface area contributed by atoms with Gasteiger partial charge in [0.1, 0.15) is 17.4 Å². The van der Waals surface area contributed by atoms with E-state index in [4.69, 9.17) is 22.1 Å². The predicted octanol–water partition coefficient (Wildman–Crippen LogP) is 4.75. The van der Waals surface area contributed by atoms with Crippen LogP contribution >= 0.6 is 27.5 Å². The van der Waals surface area contributed by atoms with Gasteiger partial charge in [-0.15, -0.1) is 0 Å². The van der Waals surface area contributed by atoms with Gasteiger partial charge in [0, 0.05) is 15.6 Å². The zero-order valence-electron chi connectivity index (χ0n) is 11.4. The van der Waals surface area contributed by atoms with Gasteiger partial charge in [-0.1, -0.05) is 27.5 Å². The standard InChI is InChI=1S/C15H13BrClF2NO/c1-7-3-14(21-2)9(4-10(7)16)15(20)8-5-13(19)11(17)6-12(8)18/h3-6,15H,20H2,1-2H3. The second kappa shape index (κ2) is 6.30. The van der Waals surface area contributed by atoms with Gasteiger partial charge in [0.2, 0.25) is 0 Å². The van der Waals surface area contributed by atoms with Crippen LogP contribution in [0.3, 0.4) is 0 Å². The van der Waals surface area contributed by atoms with Gasteiger partial charge < -0.3 is 10.5 Å². The first-order valence-electron chi connectivity index (χ1n) is 6.09. The minimum atomic E-state index is -0.872. The molecule has 6 heteroatoms. The number of halogens is 4. The van der Waals surface area contributed by atoms with Gasteiger partial charge in [0.05, 0.1) is 18.2 Å². The molecule has 0 amide bonds. The number of nitrogens with two attached hydrogens (primary N) is 1. The van der Waals surface area contributed by atoms with Crippen LogP contribution in [-0.4, -0.2) is 7.11 Å². The topological polar surface area (TPSA) is 35.2 Å². The summed E-state index contributed by atoms with van der Waals surface area (Å²) in [5.74, 6) is -0.862. The van der Waals surface area contributed by atoms with Crippen LogP contribution < -0.4 is 10.5 Å². The highest BCUT2D eigenvalue weighted by Crippen LogP contribution is 2.35. The molecule has 0 heterocycles. The number of methoxy groups -OCH3 is 1. The van der Waals surface area contributed by atoms with Crippen molar-refractivity contribution in [2.45, 2.75) is 13.0 Å². The molecular formula is C15H13BrClF2NO. The molecule has 1 unspecified atom stereocenters. The number of hydrogen-bond acceptors (Lipinski definition) is 2. The van der Waals surface area contributed by atoms with Crippen LogP contribution in [0, 0.1) is 18.6 Å². The van der Waals surface area contributed by atoms with Crippen LogP contribution in [0.4, 0.5) is 8.78 Å². The highest BCUT2D eigenvalue weighted by molar-refractivity contribution is 9.10. The molecule has 0 saturated heterocycles. The van der Waals surface area contributed by atoms with Crippen LogP contribution in [-0.2, 0) is 0 Å². The number of rotatable bonds is 3. The number of aryl methyl sites for hydroxylation is 1. The fraction of sp³-hybridized carbons (Fsp3) is 0.200. The maximum Gasteiger partial charge on any atom is 0.142 e. The molecule has 0 aliphatic heterocycles. The van der Waals surface area contributed by atoms with E-state index in [0.717, 1.165) is 22.2 Å². The van der Waals surface area contributed by atoms with E-state index in [1.54, 1.807) is 12.1 Å². The maximum absolute atomic E-state index is 14.0. The molecule has 0 fully saturated rings. The van der Waals surface area contributed by atoms with Crippen LogP contribution in [0.2, 0.25) is 5.02 Å². The number of hydrogen-bond donors (Lipinski definition) is 1. The van der Waals surface area contributed by atoms with E-state index in [2.05, 4.69) is 15.9 Å². The second-order valence-electron chi connectivity index (χ2n) is 4.61. The van der Waals surface area contributed by atoms with Crippen molar-refractivity contribution >= 4 is 27.5 Å². The summed E-state index contributed by atoms with van der Waals surface area (Å²) >= 11 is 8.95. The van der Waals surface area contributed by atoms with Gasteiger partial charge in [0.25, 0.3) is 0 Å². The van der Waals surface area contributed by atoms with E-state index in [-0.39, 0.29) is 10.6 Å². The summed E-state index contributed by atoms with van der Waals surface area (Å²) in [5, 5.41) is -0.277. The maximum atomic E-state index is 14.0. The molecule has 0 aliphatic rings. The van der Waals surface area contributed by atoms with Crippen molar-refractivity contribution in [1.29, 1.82) is 0 Å². The van der Waals surface area contributed by atoms with Gasteiger partial charge in [-0.25, -0.2) is 8.78 Å². The Kier molecular flexibility index (Phi) is 4.86. The molecule has 2 rings (SSSR count). The van der Waals surface area contributed by atoms with Crippen molar-refractivity contribution in [2.24, 2.45) is 5.73 Å². The normalized spacial score (nSPS) is 12.3. The van der Waals surface area contributed by atoms with E-state index in [0.29, 0.717) is 11.3 Å². The Bertz CT molecular complexity index is 694. The SMILES string of the molecule is COc1cc(C)c(Br)cc1C(N)c1cc(F)c(Cl)cc1F. The van der Waals surface area contributed by atoms with E-state index in [1.165, 1.54) is 7.11 Å². The summed E-state index contributed by atoms with van der Waals surface area (Å²) in [7, 11) is 1.50. The second-order valence-corrected chi connectivity index (χ2v) is 5.87. The largest absolute Gasteiger partial charge is 0.496 e. The van der Waals surface area contributed by atoms with Gasteiger partial charge >= 0.3 is 0 Å². The van der Waals surface area contributed by atoms with E-state index >= 15 is 0 Å². The van der Waals surface area contributed by atoms with Gasteiger partial charge in [-0.05, 0) is 36.8 Å². The van der Waals surface area contributed by atoms with E-state index in [1.807, 2.05) is 6.92 Å². The smallest absolute Gasteiger partial charge is 0.142 e. The summed E-state index contributed by atoms with van der Waals surface area (Å²) in [5.41, 5.74) is 7.60. The van der Waals surface area contributed by atoms with Crippen LogP contribution in [0.25, 0.3) is 0 Å². The van der Waals surface area contributed by atoms with Crippen molar-refractivity contribution in [2.75, 3.05) is 7.11 Å². The molecule has 2 aromatic rings. The summed E-state index contributed by atoms with van der Waals surface area (Å²) < 4.78 is 33.6. The van der Waals surface area contributed by atoms with Crippen molar-refractivity contribution in [3.05, 3.63) is 62.1 Å². The fourth-order valence-corrected chi connectivity index (χ4v) is 2.55. The average Bonchev–Trinajstić information content (AvgIpc) is 2.44. The Labute approximate surface area is 135 Å². The minimum Gasteiger partial charge on any atom is -0.496 e. The Morgan fingerprint density at radius 2 is 1.81 bits per heavy atom. The van der Waals surface area contributed by atoms with Crippen LogP contribution in [0.1, 0.15) is 22.7 Å². The first-order valence-corrected chi connectivity index (χ1v) is 7.26. The third-order valence-corrected chi connectivity index (χ3v) is 4.36. The Balaban J connectivity index is 2.57. The third kappa shape index (κ3) is 3.20. The quantitative estimate of drug-likeness (QED) is 0.785. The molecule has 21 heavy (non-hydrogen) atoms. The van der Waals surface area contributed by atoms with E-state index in [9.17, 15) is 8.78 Å². The van der Waals surface area contributed by atoms with Crippen molar-refractivity contribution in [3.8, 4) is 5.75 Å². The molecule has 0 aromatic heterocycles. The Hall–Kier alpha value is -1.17. The molecule has 112 valence electrons. The van der Waals surface area contributed by atoms with Crippen LogP contribution in [0.5, 0.6) is 5.75 Å². The fourth-order valence-electron chi connectivity index (χ4n) is 2.03. The molecule has 0 radical (unpaired) electrons. The molecule has 2 N–H and O–H groups in total. The van der Waals surface area contributed by atoms with Crippen molar-refractivity contribution < 1.29 is 13.5 Å². The molecule has 0 saturated carbocycles. The lowest BCUT2D eigenvalue weighted by molar-refractivity contribution is 0.407. The van der Waals surface area contributed by atoms with Crippen LogP contribution in [0.15, 0.2) is 28.7 Å². The Morgan fingerprint density at radius 1 is 1.14 bits per heavy atom. The summed E-state index contributed by atoms with van der Waals surface area (Å²) in [6.07, 6.45) is 0. The lowest BCUT2D eigenvalue weighted by atomic mass is 9.97. The molecule has 0 aliphatic carbocycles. The molecule has 0 bridgehead atoms. The van der Waals surface area contributed by atoms with Gasteiger partial charge in [-0.2, -0.15) is 0 Å². The molecular weight excluding hydrogens is 364 g/mol. The molecule has 2 aromatic carbocycles. The van der Waals surface area contributed by atoms with Crippen molar-refractivity contribution in [3.63, 3.8) is 0 Å². The summed E-state index contributed by atoms with van der Waals surface area (Å²) in [4.78, 5) is 0. The molecule has 1 atom stereocenters. The van der Waals surface area contributed by atoms with Crippen molar-refractivity contribution in [1.82, 2.24) is 0 Å². The molecule has 0 spiro atoms. The first-order chi connectivity index (χ1) is 9.85. The lowest BCUT2D eigenvalue weighted by Crippen LogP contribution is -2.15. The van der Waals surface area contributed by atoms with Gasteiger partial charge in [-0.3, -0.25) is 0 Å². The van der Waals surface area contributed by atoms with E-state index < -0.39 is 17.7 Å². The number of ether oxygens (including phenoxy) is 1. The monoisotopic (exact) mass is 375 g/mol. The zero-order valence-corrected chi connectivity index (χ0v) is 13.7. The third-order valence-electron chi connectivity index (χ3n) is 3.22. The predicted molar refractivity (Wildman–Crippen MR) is 82.8 cm³/mol. The average molecular weight is 377 g/mol. The molecule has 2 nitrogen and oxygen atoms in total. The highest BCUT2D eigenvalue weighted by atomic mass is 79.9. The minimum absolute atomic E-state index is 0.0194. The summed E-state index contributed by atoms with van der Waals surface area (Å²) in [6.45, 7) is 1.89. The highest BCUT2D eigenvalue weighted by Gasteiger charge is 2.20. The van der Waals surface area contributed by atoms with Gasteiger partial charge in [0.15, 0.2) is 0 Å². The first kappa shape index (κ1) is 16.2.